The van der Waals surface area contributed by atoms with Crippen LogP contribution in [0.4, 0.5) is 0 Å². The Labute approximate surface area is 130 Å². The molecule has 1 aliphatic rings. The maximum absolute atomic E-state index is 12.5. The van der Waals surface area contributed by atoms with Gasteiger partial charge in [0.15, 0.2) is 11.6 Å². The number of rotatable bonds is 5. The second kappa shape index (κ2) is 6.71. The van der Waals surface area contributed by atoms with Crippen molar-refractivity contribution in [2.75, 3.05) is 6.61 Å². The lowest BCUT2D eigenvalue weighted by Crippen LogP contribution is -2.34. The van der Waals surface area contributed by atoms with E-state index >= 15 is 0 Å². The number of carbonyl (C=O) groups is 2. The van der Waals surface area contributed by atoms with E-state index in [1.165, 1.54) is 0 Å². The Bertz CT molecular complexity index is 592. The number of hydrogen-bond donors (Lipinski definition) is 1. The standard InChI is InChI=1S/C18H21NO3/c1-4-10-22-19-17(13-8-6-5-7-9-13)16-14(20)11-18(2,3)12-15(16)21/h4-9,19H,1,10-12H2,2-3H3. The van der Waals surface area contributed by atoms with Crippen LogP contribution in [0.3, 0.4) is 0 Å². The zero-order chi connectivity index (χ0) is 16.2. The third kappa shape index (κ3) is 3.71. The molecule has 116 valence electrons. The van der Waals surface area contributed by atoms with Crippen molar-refractivity contribution in [3.8, 4) is 0 Å². The summed E-state index contributed by atoms with van der Waals surface area (Å²) in [5.41, 5.74) is 3.87. The lowest BCUT2D eigenvalue weighted by molar-refractivity contribution is -0.127. The van der Waals surface area contributed by atoms with Gasteiger partial charge in [-0.15, -0.1) is 6.58 Å². The summed E-state index contributed by atoms with van der Waals surface area (Å²) >= 11 is 0. The quantitative estimate of drug-likeness (QED) is 0.298. The van der Waals surface area contributed by atoms with Gasteiger partial charge in [-0.2, -0.15) is 0 Å². The first kappa shape index (κ1) is 16.2. The van der Waals surface area contributed by atoms with E-state index in [1.807, 2.05) is 44.2 Å². The Morgan fingerprint density at radius 2 is 1.82 bits per heavy atom. The van der Waals surface area contributed by atoms with Gasteiger partial charge in [0.2, 0.25) is 0 Å². The summed E-state index contributed by atoms with van der Waals surface area (Å²) in [6.45, 7) is 7.72. The molecule has 0 unspecified atom stereocenters. The molecule has 4 nitrogen and oxygen atoms in total. The average Bonchev–Trinajstić information content (AvgIpc) is 2.45. The molecule has 22 heavy (non-hydrogen) atoms. The van der Waals surface area contributed by atoms with E-state index < -0.39 is 0 Å². The van der Waals surface area contributed by atoms with Crippen molar-refractivity contribution in [3.63, 3.8) is 0 Å². The molecular weight excluding hydrogens is 278 g/mol. The van der Waals surface area contributed by atoms with Crippen LogP contribution in [-0.2, 0) is 14.4 Å². The van der Waals surface area contributed by atoms with E-state index in [4.69, 9.17) is 4.84 Å². The van der Waals surface area contributed by atoms with Gasteiger partial charge in [-0.25, -0.2) is 0 Å². The highest BCUT2D eigenvalue weighted by molar-refractivity contribution is 6.26. The van der Waals surface area contributed by atoms with Gasteiger partial charge < -0.3 is 0 Å². The summed E-state index contributed by atoms with van der Waals surface area (Å²) in [5, 5.41) is 0. The van der Waals surface area contributed by atoms with Crippen LogP contribution < -0.4 is 5.48 Å². The van der Waals surface area contributed by atoms with Crippen molar-refractivity contribution in [2.45, 2.75) is 26.7 Å². The molecule has 1 aromatic carbocycles. The van der Waals surface area contributed by atoms with Crippen LogP contribution in [0.2, 0.25) is 0 Å². The minimum Gasteiger partial charge on any atom is -0.294 e. The summed E-state index contributed by atoms with van der Waals surface area (Å²) < 4.78 is 0. The summed E-state index contributed by atoms with van der Waals surface area (Å²) in [5.74, 6) is -0.287. The van der Waals surface area contributed by atoms with Crippen molar-refractivity contribution in [1.29, 1.82) is 0 Å². The average molecular weight is 299 g/mol. The first-order valence-electron chi connectivity index (χ1n) is 7.29. The van der Waals surface area contributed by atoms with Crippen molar-refractivity contribution in [3.05, 3.63) is 54.1 Å². The van der Waals surface area contributed by atoms with Crippen molar-refractivity contribution in [2.24, 2.45) is 5.41 Å². The van der Waals surface area contributed by atoms with Gasteiger partial charge >= 0.3 is 0 Å². The monoisotopic (exact) mass is 299 g/mol. The van der Waals surface area contributed by atoms with Crippen LogP contribution in [0.5, 0.6) is 0 Å². The predicted octanol–water partition coefficient (Wildman–Crippen LogP) is 3.06. The number of nitrogens with one attached hydrogen (secondary N) is 1. The van der Waals surface area contributed by atoms with Crippen LogP contribution in [0.25, 0.3) is 5.70 Å². The number of hydroxylamine groups is 1. The highest BCUT2D eigenvalue weighted by Crippen LogP contribution is 2.35. The molecule has 0 heterocycles. The zero-order valence-corrected chi connectivity index (χ0v) is 13.0. The Morgan fingerprint density at radius 3 is 2.36 bits per heavy atom. The molecule has 0 saturated heterocycles. The van der Waals surface area contributed by atoms with Crippen molar-refractivity contribution in [1.82, 2.24) is 5.48 Å². The summed E-state index contributed by atoms with van der Waals surface area (Å²) in [6, 6.07) is 9.27. The SMILES string of the molecule is C=CCONC(=C1C(=O)CC(C)(C)CC1=O)c1ccccc1. The van der Waals surface area contributed by atoms with Gasteiger partial charge in [0.25, 0.3) is 0 Å². The number of Topliss-reactive ketones (excluding diaryl/α,β-unsaturated/α-hetero) is 2. The Kier molecular flexibility index (Phi) is 4.93. The summed E-state index contributed by atoms with van der Waals surface area (Å²) in [6.07, 6.45) is 2.30. The largest absolute Gasteiger partial charge is 0.294 e. The minimum absolute atomic E-state index is 0.144. The van der Waals surface area contributed by atoms with Gasteiger partial charge in [-0.1, -0.05) is 50.3 Å². The second-order valence-corrected chi connectivity index (χ2v) is 6.18. The first-order valence-corrected chi connectivity index (χ1v) is 7.29. The maximum Gasteiger partial charge on any atom is 0.169 e. The van der Waals surface area contributed by atoms with E-state index in [1.54, 1.807) is 6.08 Å². The minimum atomic E-state index is -0.290. The zero-order valence-electron chi connectivity index (χ0n) is 13.0. The highest BCUT2D eigenvalue weighted by Gasteiger charge is 2.37. The van der Waals surface area contributed by atoms with Gasteiger partial charge in [-0.05, 0) is 5.41 Å². The maximum atomic E-state index is 12.5. The number of allylic oxidation sites excluding steroid dienone is 1. The fraction of sp³-hybridized carbons (Fsp3) is 0.333. The van der Waals surface area contributed by atoms with Gasteiger partial charge in [0.05, 0.1) is 17.9 Å². The second-order valence-electron chi connectivity index (χ2n) is 6.18. The number of hydrogen-bond acceptors (Lipinski definition) is 4. The molecule has 2 rings (SSSR count). The third-order valence-corrected chi connectivity index (χ3v) is 3.52. The normalized spacial score (nSPS) is 17.3. The smallest absolute Gasteiger partial charge is 0.169 e. The van der Waals surface area contributed by atoms with Crippen LogP contribution in [0.15, 0.2) is 48.6 Å². The van der Waals surface area contributed by atoms with E-state index in [-0.39, 0.29) is 29.2 Å². The fourth-order valence-corrected chi connectivity index (χ4v) is 2.57. The number of ketones is 2. The lowest BCUT2D eigenvalue weighted by atomic mass is 9.73. The van der Waals surface area contributed by atoms with Crippen molar-refractivity contribution < 1.29 is 14.4 Å². The lowest BCUT2D eigenvalue weighted by Gasteiger charge is -2.29. The van der Waals surface area contributed by atoms with E-state index in [9.17, 15) is 9.59 Å². The van der Waals surface area contributed by atoms with Crippen LogP contribution in [-0.4, -0.2) is 18.2 Å². The van der Waals surface area contributed by atoms with Crippen molar-refractivity contribution >= 4 is 17.3 Å². The molecule has 0 aromatic heterocycles. The Balaban J connectivity index is 2.44. The topological polar surface area (TPSA) is 55.4 Å². The van der Waals surface area contributed by atoms with E-state index in [2.05, 4.69) is 12.1 Å². The summed E-state index contributed by atoms with van der Waals surface area (Å²) in [7, 11) is 0. The molecule has 4 heteroatoms. The van der Waals surface area contributed by atoms with Gasteiger partial charge in [-0.3, -0.25) is 19.9 Å². The van der Waals surface area contributed by atoms with Crippen LogP contribution >= 0.6 is 0 Å². The number of carbonyl (C=O) groups excluding carboxylic acids is 2. The summed E-state index contributed by atoms with van der Waals surface area (Å²) in [4.78, 5) is 30.2. The molecule has 1 saturated carbocycles. The van der Waals surface area contributed by atoms with E-state index in [0.717, 1.165) is 5.56 Å². The highest BCUT2D eigenvalue weighted by atomic mass is 16.6. The molecule has 0 spiro atoms. The predicted molar refractivity (Wildman–Crippen MR) is 85.7 cm³/mol. The molecule has 0 bridgehead atoms. The number of benzene rings is 1. The molecule has 0 radical (unpaired) electrons. The molecule has 0 amide bonds. The Hall–Kier alpha value is -2.20. The fourth-order valence-electron chi connectivity index (χ4n) is 2.57. The molecule has 1 aromatic rings. The first-order chi connectivity index (χ1) is 10.4. The molecule has 0 atom stereocenters. The van der Waals surface area contributed by atoms with Crippen LogP contribution in [0.1, 0.15) is 32.3 Å². The van der Waals surface area contributed by atoms with Gasteiger partial charge in [0, 0.05) is 18.4 Å². The third-order valence-electron chi connectivity index (χ3n) is 3.52. The Morgan fingerprint density at radius 1 is 1.23 bits per heavy atom. The van der Waals surface area contributed by atoms with Crippen LogP contribution in [0, 0.1) is 5.41 Å². The molecule has 1 aliphatic carbocycles. The molecule has 1 fully saturated rings. The molecular formula is C18H21NO3. The molecule has 1 N–H and O–H groups in total. The van der Waals surface area contributed by atoms with Gasteiger partial charge in [0.1, 0.15) is 0 Å². The molecule has 0 aliphatic heterocycles. The van der Waals surface area contributed by atoms with E-state index in [0.29, 0.717) is 18.5 Å².